The summed E-state index contributed by atoms with van der Waals surface area (Å²) < 4.78 is 31.3. The lowest BCUT2D eigenvalue weighted by Gasteiger charge is -2.11. The first-order valence-electron chi connectivity index (χ1n) is 5.97. The number of halogens is 2. The lowest BCUT2D eigenvalue weighted by molar-refractivity contribution is -0.119. The van der Waals surface area contributed by atoms with Gasteiger partial charge in [0, 0.05) is 11.0 Å². The maximum Gasteiger partial charge on any atom is 0.230 e. The van der Waals surface area contributed by atoms with E-state index >= 15 is 0 Å². The zero-order valence-corrected chi connectivity index (χ0v) is 11.5. The predicted octanol–water partition coefficient (Wildman–Crippen LogP) is 3.53. The molecule has 6 heteroatoms. The van der Waals surface area contributed by atoms with E-state index in [1.807, 2.05) is 0 Å². The highest BCUT2D eigenvalue weighted by molar-refractivity contribution is 8.00. The Morgan fingerprint density at radius 2 is 2.20 bits per heavy atom. The highest BCUT2D eigenvalue weighted by Crippen LogP contribution is 2.22. The third-order valence-electron chi connectivity index (χ3n) is 2.60. The van der Waals surface area contributed by atoms with Gasteiger partial charge in [-0.15, -0.1) is 11.8 Å². The zero-order chi connectivity index (χ0) is 14.5. The molecule has 1 aromatic carbocycles. The van der Waals surface area contributed by atoms with Crippen molar-refractivity contribution in [2.24, 2.45) is 0 Å². The minimum atomic E-state index is -0.665. The summed E-state index contributed by atoms with van der Waals surface area (Å²) in [6, 6.07) is 6.52. The van der Waals surface area contributed by atoms with Crippen molar-refractivity contribution < 1.29 is 18.0 Å². The van der Waals surface area contributed by atoms with Gasteiger partial charge in [0.05, 0.1) is 18.1 Å². The number of carbonyl (C=O) groups excluding carboxylic acids is 1. The molecule has 2 rings (SSSR count). The van der Waals surface area contributed by atoms with Gasteiger partial charge >= 0.3 is 0 Å². The topological polar surface area (TPSA) is 42.2 Å². The highest BCUT2D eigenvalue weighted by Gasteiger charge is 2.13. The van der Waals surface area contributed by atoms with E-state index in [4.69, 9.17) is 4.42 Å². The van der Waals surface area contributed by atoms with Crippen LogP contribution in [0.25, 0.3) is 0 Å². The van der Waals surface area contributed by atoms with Crippen LogP contribution in [0.1, 0.15) is 18.7 Å². The van der Waals surface area contributed by atoms with E-state index in [0.717, 1.165) is 23.9 Å². The Bertz CT molecular complexity index is 587. The van der Waals surface area contributed by atoms with Crippen molar-refractivity contribution in [2.45, 2.75) is 17.9 Å². The molecule has 0 fully saturated rings. The number of carbonyl (C=O) groups is 1. The van der Waals surface area contributed by atoms with Gasteiger partial charge in [0.25, 0.3) is 0 Å². The Hall–Kier alpha value is -1.82. The van der Waals surface area contributed by atoms with E-state index in [1.165, 1.54) is 12.3 Å². The van der Waals surface area contributed by atoms with E-state index in [2.05, 4.69) is 5.32 Å². The molecule has 20 heavy (non-hydrogen) atoms. The fraction of sp³-hybridized carbons (Fsp3) is 0.214. The minimum Gasteiger partial charge on any atom is -0.467 e. The normalized spacial score (nSPS) is 12.2. The molecular weight excluding hydrogens is 284 g/mol. The number of furan rings is 1. The van der Waals surface area contributed by atoms with E-state index < -0.39 is 11.6 Å². The van der Waals surface area contributed by atoms with Gasteiger partial charge in [0.2, 0.25) is 5.91 Å². The number of hydrogen-bond acceptors (Lipinski definition) is 3. The van der Waals surface area contributed by atoms with Crippen molar-refractivity contribution in [3.8, 4) is 0 Å². The number of nitrogens with one attached hydrogen (secondary N) is 1. The van der Waals surface area contributed by atoms with Crippen molar-refractivity contribution in [3.05, 3.63) is 54.0 Å². The first-order chi connectivity index (χ1) is 9.56. The number of rotatable bonds is 5. The van der Waals surface area contributed by atoms with Crippen LogP contribution in [-0.4, -0.2) is 11.7 Å². The van der Waals surface area contributed by atoms with Crippen LogP contribution in [0.2, 0.25) is 0 Å². The van der Waals surface area contributed by atoms with Crippen LogP contribution in [0, 0.1) is 11.6 Å². The molecule has 3 nitrogen and oxygen atoms in total. The molecule has 0 saturated heterocycles. The summed E-state index contributed by atoms with van der Waals surface area (Å²) in [5.41, 5.74) is 0. The molecule has 1 amide bonds. The molecular formula is C14H13F2NO2S. The van der Waals surface area contributed by atoms with E-state index in [-0.39, 0.29) is 22.6 Å². The second-order valence-electron chi connectivity index (χ2n) is 4.17. The average Bonchev–Trinajstić information content (AvgIpc) is 2.91. The van der Waals surface area contributed by atoms with Crippen molar-refractivity contribution >= 4 is 17.7 Å². The first kappa shape index (κ1) is 14.6. The number of amides is 1. The Labute approximate surface area is 119 Å². The average molecular weight is 297 g/mol. The predicted molar refractivity (Wildman–Crippen MR) is 72.3 cm³/mol. The van der Waals surface area contributed by atoms with Gasteiger partial charge in [0.1, 0.15) is 17.4 Å². The quantitative estimate of drug-likeness (QED) is 0.859. The first-order valence-corrected chi connectivity index (χ1v) is 6.95. The Morgan fingerprint density at radius 3 is 2.85 bits per heavy atom. The molecule has 0 aliphatic rings. The van der Waals surface area contributed by atoms with Crippen LogP contribution in [0.3, 0.4) is 0 Å². The monoisotopic (exact) mass is 297 g/mol. The fourth-order valence-corrected chi connectivity index (χ4v) is 2.36. The van der Waals surface area contributed by atoms with Gasteiger partial charge in [-0.1, -0.05) is 0 Å². The molecule has 2 aromatic rings. The highest BCUT2D eigenvalue weighted by atomic mass is 32.2. The zero-order valence-electron chi connectivity index (χ0n) is 10.7. The molecule has 0 radical (unpaired) electrons. The van der Waals surface area contributed by atoms with Crippen molar-refractivity contribution in [2.75, 3.05) is 5.75 Å². The third kappa shape index (κ3) is 3.84. The maximum atomic E-state index is 13.4. The molecule has 1 atom stereocenters. The van der Waals surface area contributed by atoms with Crippen LogP contribution < -0.4 is 5.32 Å². The Kier molecular flexibility index (Phi) is 4.79. The molecule has 0 saturated carbocycles. The summed E-state index contributed by atoms with van der Waals surface area (Å²) in [6.07, 6.45) is 1.53. The van der Waals surface area contributed by atoms with Gasteiger partial charge in [0.15, 0.2) is 0 Å². The van der Waals surface area contributed by atoms with Gasteiger partial charge in [-0.25, -0.2) is 8.78 Å². The summed E-state index contributed by atoms with van der Waals surface area (Å²) >= 11 is 1.02. The lowest BCUT2D eigenvalue weighted by atomic mass is 10.2. The third-order valence-corrected chi connectivity index (χ3v) is 3.65. The second kappa shape index (κ2) is 6.56. The summed E-state index contributed by atoms with van der Waals surface area (Å²) in [6.45, 7) is 1.79. The summed E-state index contributed by atoms with van der Waals surface area (Å²) in [4.78, 5) is 12.0. The van der Waals surface area contributed by atoms with Crippen LogP contribution in [0.5, 0.6) is 0 Å². The summed E-state index contributed by atoms with van der Waals surface area (Å²) in [7, 11) is 0. The van der Waals surface area contributed by atoms with Crippen molar-refractivity contribution in [1.29, 1.82) is 0 Å². The summed E-state index contributed by atoms with van der Waals surface area (Å²) in [5.74, 6) is -0.850. The van der Waals surface area contributed by atoms with Crippen molar-refractivity contribution in [1.82, 2.24) is 5.32 Å². The van der Waals surface area contributed by atoms with E-state index in [9.17, 15) is 13.6 Å². The van der Waals surface area contributed by atoms with Gasteiger partial charge in [-0.3, -0.25) is 4.79 Å². The number of hydrogen-bond donors (Lipinski definition) is 1. The molecule has 1 N–H and O–H groups in total. The van der Waals surface area contributed by atoms with Gasteiger partial charge in [-0.2, -0.15) is 0 Å². The van der Waals surface area contributed by atoms with Gasteiger partial charge in [-0.05, 0) is 31.2 Å². The van der Waals surface area contributed by atoms with Gasteiger partial charge < -0.3 is 9.73 Å². The SMILES string of the molecule is CC(NC(=O)CSc1ccc(F)cc1F)c1ccco1. The van der Waals surface area contributed by atoms with Crippen LogP contribution >= 0.6 is 11.8 Å². The Morgan fingerprint density at radius 1 is 1.40 bits per heavy atom. The number of benzene rings is 1. The smallest absolute Gasteiger partial charge is 0.230 e. The summed E-state index contributed by atoms with van der Waals surface area (Å²) in [5, 5.41) is 2.73. The molecule has 1 aromatic heterocycles. The molecule has 0 spiro atoms. The largest absolute Gasteiger partial charge is 0.467 e. The fourth-order valence-electron chi connectivity index (χ4n) is 1.63. The van der Waals surface area contributed by atoms with E-state index in [0.29, 0.717) is 5.76 Å². The molecule has 106 valence electrons. The standard InChI is InChI=1S/C14H13F2NO2S/c1-9(12-3-2-6-19-12)17-14(18)8-20-13-5-4-10(15)7-11(13)16/h2-7,9H,8H2,1H3,(H,17,18). The van der Waals surface area contributed by atoms with Crippen molar-refractivity contribution in [3.63, 3.8) is 0 Å². The number of thioether (sulfide) groups is 1. The molecule has 0 aliphatic heterocycles. The molecule has 0 aliphatic carbocycles. The molecule has 1 unspecified atom stereocenters. The molecule has 0 bridgehead atoms. The molecule has 1 heterocycles. The van der Waals surface area contributed by atoms with Crippen LogP contribution in [0.15, 0.2) is 45.9 Å². The second-order valence-corrected chi connectivity index (χ2v) is 5.19. The van der Waals surface area contributed by atoms with Crippen LogP contribution in [0.4, 0.5) is 8.78 Å². The van der Waals surface area contributed by atoms with Crippen LogP contribution in [-0.2, 0) is 4.79 Å². The van der Waals surface area contributed by atoms with E-state index in [1.54, 1.807) is 19.1 Å². The Balaban J connectivity index is 1.86. The minimum absolute atomic E-state index is 0.0492. The lowest BCUT2D eigenvalue weighted by Crippen LogP contribution is -2.27. The maximum absolute atomic E-state index is 13.4.